The molecule has 1 aliphatic carbocycles. The second kappa shape index (κ2) is 5.26. The molecular formula is C17H23N3O. The first kappa shape index (κ1) is 14.3. The van der Waals surface area contributed by atoms with E-state index in [4.69, 9.17) is 10.3 Å². The summed E-state index contributed by atoms with van der Waals surface area (Å²) in [6, 6.07) is 10.5. The fourth-order valence-corrected chi connectivity index (χ4v) is 2.91. The molecule has 2 aromatic rings. The van der Waals surface area contributed by atoms with Crippen LogP contribution in [0.1, 0.15) is 56.8 Å². The maximum atomic E-state index is 6.01. The van der Waals surface area contributed by atoms with Gasteiger partial charge in [0.05, 0.1) is 5.41 Å². The first-order valence-electron chi connectivity index (χ1n) is 7.67. The van der Waals surface area contributed by atoms with E-state index in [2.05, 4.69) is 34.4 Å². The van der Waals surface area contributed by atoms with E-state index >= 15 is 0 Å². The van der Waals surface area contributed by atoms with Gasteiger partial charge in [-0.25, -0.2) is 0 Å². The number of aromatic nitrogens is 2. The van der Waals surface area contributed by atoms with Crippen LogP contribution in [-0.4, -0.2) is 15.7 Å². The molecule has 0 aliphatic heterocycles. The average molecular weight is 285 g/mol. The number of aryl methyl sites for hydroxylation is 1. The van der Waals surface area contributed by atoms with Gasteiger partial charge >= 0.3 is 0 Å². The third-order valence-electron chi connectivity index (χ3n) is 4.41. The van der Waals surface area contributed by atoms with Crippen LogP contribution in [0.15, 0.2) is 34.9 Å². The van der Waals surface area contributed by atoms with Crippen molar-refractivity contribution in [2.24, 2.45) is 5.73 Å². The van der Waals surface area contributed by atoms with Gasteiger partial charge in [0, 0.05) is 12.0 Å². The molecule has 0 amide bonds. The van der Waals surface area contributed by atoms with Crippen LogP contribution in [0.25, 0.3) is 0 Å². The van der Waals surface area contributed by atoms with E-state index in [1.54, 1.807) is 0 Å². The monoisotopic (exact) mass is 285 g/mol. The van der Waals surface area contributed by atoms with Gasteiger partial charge in [-0.3, -0.25) is 0 Å². The summed E-state index contributed by atoms with van der Waals surface area (Å²) in [4.78, 5) is 4.65. The second-order valence-electron chi connectivity index (χ2n) is 6.80. The highest BCUT2D eigenvalue weighted by molar-refractivity contribution is 5.35. The fourth-order valence-electron chi connectivity index (χ4n) is 2.91. The number of hydrogen-bond acceptors (Lipinski definition) is 4. The van der Waals surface area contributed by atoms with E-state index in [9.17, 15) is 0 Å². The van der Waals surface area contributed by atoms with E-state index in [0.717, 1.165) is 31.5 Å². The molecule has 4 nitrogen and oxygen atoms in total. The first-order chi connectivity index (χ1) is 10.00. The van der Waals surface area contributed by atoms with Gasteiger partial charge in [-0.05, 0) is 38.7 Å². The lowest BCUT2D eigenvalue weighted by atomic mass is 9.64. The fraction of sp³-hybridized carbons (Fsp3) is 0.529. The molecule has 4 heteroatoms. The van der Waals surface area contributed by atoms with Gasteiger partial charge in [0.15, 0.2) is 5.82 Å². The maximum absolute atomic E-state index is 6.01. The van der Waals surface area contributed by atoms with Crippen molar-refractivity contribution in [1.82, 2.24) is 10.1 Å². The Morgan fingerprint density at radius 2 is 1.95 bits per heavy atom. The molecule has 1 heterocycles. The van der Waals surface area contributed by atoms with E-state index in [-0.39, 0.29) is 11.0 Å². The molecule has 0 spiro atoms. The van der Waals surface area contributed by atoms with Crippen LogP contribution in [0.5, 0.6) is 0 Å². The normalized spacial score (nSPS) is 17.5. The maximum Gasteiger partial charge on any atom is 0.226 e. The van der Waals surface area contributed by atoms with Crippen LogP contribution in [-0.2, 0) is 11.8 Å². The summed E-state index contributed by atoms with van der Waals surface area (Å²) < 4.78 is 5.45. The number of benzene rings is 1. The molecule has 0 bridgehead atoms. The topological polar surface area (TPSA) is 64.9 Å². The van der Waals surface area contributed by atoms with Crippen LogP contribution in [0.3, 0.4) is 0 Å². The minimum Gasteiger partial charge on any atom is -0.339 e. The van der Waals surface area contributed by atoms with E-state index in [1.165, 1.54) is 12.0 Å². The molecule has 0 atom stereocenters. The van der Waals surface area contributed by atoms with Crippen molar-refractivity contribution < 1.29 is 4.52 Å². The molecule has 0 saturated heterocycles. The lowest BCUT2D eigenvalue weighted by Crippen LogP contribution is -2.36. The predicted molar refractivity (Wildman–Crippen MR) is 82.0 cm³/mol. The number of nitrogens with two attached hydrogens (primary N) is 1. The highest BCUT2D eigenvalue weighted by Crippen LogP contribution is 2.47. The van der Waals surface area contributed by atoms with Crippen LogP contribution in [0.2, 0.25) is 0 Å². The van der Waals surface area contributed by atoms with Crippen LogP contribution >= 0.6 is 0 Å². The average Bonchev–Trinajstić information content (AvgIpc) is 2.85. The van der Waals surface area contributed by atoms with Crippen molar-refractivity contribution in [1.29, 1.82) is 0 Å². The number of nitrogens with zero attached hydrogens (tertiary/aromatic N) is 2. The van der Waals surface area contributed by atoms with E-state index < -0.39 is 0 Å². The minimum atomic E-state index is -0.206. The smallest absolute Gasteiger partial charge is 0.226 e. The number of rotatable bonds is 5. The summed E-state index contributed by atoms with van der Waals surface area (Å²) >= 11 is 0. The Labute approximate surface area is 125 Å². The molecule has 2 N–H and O–H groups in total. The first-order valence-corrected chi connectivity index (χ1v) is 7.67. The third-order valence-corrected chi connectivity index (χ3v) is 4.41. The number of hydrogen-bond donors (Lipinski definition) is 1. The van der Waals surface area contributed by atoms with Crippen LogP contribution < -0.4 is 5.73 Å². The van der Waals surface area contributed by atoms with E-state index in [1.807, 2.05) is 19.9 Å². The zero-order valence-corrected chi connectivity index (χ0v) is 12.8. The second-order valence-corrected chi connectivity index (χ2v) is 6.80. The molecule has 21 heavy (non-hydrogen) atoms. The Hall–Kier alpha value is -1.68. The molecule has 1 fully saturated rings. The van der Waals surface area contributed by atoms with Gasteiger partial charge in [0.25, 0.3) is 0 Å². The highest BCUT2D eigenvalue weighted by Gasteiger charge is 2.44. The largest absolute Gasteiger partial charge is 0.339 e. The van der Waals surface area contributed by atoms with Crippen LogP contribution in [0.4, 0.5) is 0 Å². The highest BCUT2D eigenvalue weighted by atomic mass is 16.5. The molecule has 1 aromatic heterocycles. The molecule has 1 saturated carbocycles. The standard InChI is InChI=1S/C17H23N3O/c1-16(2,18)12-9-14-19-15(20-21-14)17(10-6-11-17)13-7-4-3-5-8-13/h3-5,7-8H,6,9-12,18H2,1-2H3. The summed E-state index contributed by atoms with van der Waals surface area (Å²) in [7, 11) is 0. The Kier molecular flexibility index (Phi) is 3.57. The minimum absolute atomic E-state index is 0.0404. The zero-order valence-electron chi connectivity index (χ0n) is 12.8. The molecule has 1 aliphatic rings. The molecule has 1 aromatic carbocycles. The van der Waals surface area contributed by atoms with Crippen molar-refractivity contribution >= 4 is 0 Å². The third kappa shape index (κ3) is 2.86. The predicted octanol–water partition coefficient (Wildman–Crippen LogP) is 3.21. The Morgan fingerprint density at radius 3 is 2.52 bits per heavy atom. The SMILES string of the molecule is CC(C)(N)CCc1nc(C2(c3ccccc3)CCC2)no1. The van der Waals surface area contributed by atoms with Crippen molar-refractivity contribution in [3.05, 3.63) is 47.6 Å². The van der Waals surface area contributed by atoms with E-state index in [0.29, 0.717) is 5.89 Å². The molecule has 0 radical (unpaired) electrons. The van der Waals surface area contributed by atoms with Crippen molar-refractivity contribution in [3.63, 3.8) is 0 Å². The van der Waals surface area contributed by atoms with Crippen LogP contribution in [0, 0.1) is 0 Å². The summed E-state index contributed by atoms with van der Waals surface area (Å²) in [6.07, 6.45) is 4.99. The Morgan fingerprint density at radius 1 is 1.24 bits per heavy atom. The van der Waals surface area contributed by atoms with Gasteiger partial charge in [-0.1, -0.05) is 41.9 Å². The van der Waals surface area contributed by atoms with Gasteiger partial charge in [-0.15, -0.1) is 0 Å². The molecule has 112 valence electrons. The molecule has 3 rings (SSSR count). The lowest BCUT2D eigenvalue weighted by molar-refractivity contribution is 0.270. The van der Waals surface area contributed by atoms with Crippen molar-refractivity contribution in [2.75, 3.05) is 0 Å². The van der Waals surface area contributed by atoms with Crippen molar-refractivity contribution in [2.45, 2.75) is 56.9 Å². The van der Waals surface area contributed by atoms with Gasteiger partial charge in [0.1, 0.15) is 0 Å². The summed E-state index contributed by atoms with van der Waals surface area (Å²) in [6.45, 7) is 4.03. The summed E-state index contributed by atoms with van der Waals surface area (Å²) in [5.41, 5.74) is 7.06. The Balaban J connectivity index is 1.81. The van der Waals surface area contributed by atoms with Gasteiger partial charge in [0.2, 0.25) is 5.89 Å². The van der Waals surface area contributed by atoms with Gasteiger partial charge < -0.3 is 10.3 Å². The van der Waals surface area contributed by atoms with Gasteiger partial charge in [-0.2, -0.15) is 4.98 Å². The zero-order chi connectivity index (χ0) is 14.9. The summed E-state index contributed by atoms with van der Waals surface area (Å²) in [5.74, 6) is 1.54. The Bertz CT molecular complexity index is 594. The quantitative estimate of drug-likeness (QED) is 0.916. The summed E-state index contributed by atoms with van der Waals surface area (Å²) in [5, 5.41) is 4.26. The lowest BCUT2D eigenvalue weighted by Gasteiger charge is -2.39. The molecule has 0 unspecified atom stereocenters. The van der Waals surface area contributed by atoms with Crippen molar-refractivity contribution in [3.8, 4) is 0 Å². The molecular weight excluding hydrogens is 262 g/mol.